The van der Waals surface area contributed by atoms with Gasteiger partial charge in [0, 0.05) is 12.2 Å². The van der Waals surface area contributed by atoms with Crippen LogP contribution in [0.2, 0.25) is 10.0 Å². The molecule has 114 valence electrons. The van der Waals surface area contributed by atoms with Gasteiger partial charge in [-0.25, -0.2) is 9.67 Å². The van der Waals surface area contributed by atoms with Gasteiger partial charge in [0.2, 0.25) is 0 Å². The maximum Gasteiger partial charge on any atom is 0.264 e. The lowest BCUT2D eigenvalue weighted by atomic mass is 10.3. The predicted octanol–water partition coefficient (Wildman–Crippen LogP) is 2.92. The van der Waals surface area contributed by atoms with E-state index in [0.717, 1.165) is 0 Å². The van der Waals surface area contributed by atoms with Crippen molar-refractivity contribution in [1.29, 1.82) is 0 Å². The standard InChI is InChI=1S/C14H13Cl2N5O/c1-8(2)21-13-10(5-19-21)14(22)20(7-18-13)6-12-11(16)3-9(15)4-17-12/h3-5,7-8H,6H2,1-2H3. The molecule has 3 heterocycles. The molecule has 0 bridgehead atoms. The third kappa shape index (κ3) is 2.60. The van der Waals surface area contributed by atoms with Crippen molar-refractivity contribution in [2.45, 2.75) is 26.4 Å². The number of hydrogen-bond donors (Lipinski definition) is 0. The van der Waals surface area contributed by atoms with E-state index in [0.29, 0.717) is 26.8 Å². The minimum atomic E-state index is -0.176. The second-order valence-electron chi connectivity index (χ2n) is 5.18. The molecule has 0 atom stereocenters. The zero-order valence-electron chi connectivity index (χ0n) is 12.0. The van der Waals surface area contributed by atoms with E-state index in [2.05, 4.69) is 15.1 Å². The first-order chi connectivity index (χ1) is 10.5. The molecule has 3 aromatic heterocycles. The summed E-state index contributed by atoms with van der Waals surface area (Å²) in [5, 5.41) is 5.55. The van der Waals surface area contributed by atoms with Crippen LogP contribution >= 0.6 is 23.2 Å². The number of halogens is 2. The molecular formula is C14H13Cl2N5O. The van der Waals surface area contributed by atoms with Crippen molar-refractivity contribution >= 4 is 34.2 Å². The van der Waals surface area contributed by atoms with Gasteiger partial charge in [-0.3, -0.25) is 14.3 Å². The van der Waals surface area contributed by atoms with Crippen molar-refractivity contribution in [3.8, 4) is 0 Å². The van der Waals surface area contributed by atoms with Crippen molar-refractivity contribution in [2.75, 3.05) is 0 Å². The molecule has 0 fully saturated rings. The number of pyridine rings is 1. The molecular weight excluding hydrogens is 325 g/mol. The number of fused-ring (bicyclic) bond motifs is 1. The van der Waals surface area contributed by atoms with Gasteiger partial charge >= 0.3 is 0 Å². The van der Waals surface area contributed by atoms with E-state index in [1.807, 2.05) is 13.8 Å². The summed E-state index contributed by atoms with van der Waals surface area (Å²) in [6.45, 7) is 4.19. The normalized spacial score (nSPS) is 11.5. The van der Waals surface area contributed by atoms with Gasteiger partial charge in [-0.2, -0.15) is 5.10 Å². The molecule has 0 aliphatic heterocycles. The molecule has 0 radical (unpaired) electrons. The van der Waals surface area contributed by atoms with Crippen LogP contribution in [0.5, 0.6) is 0 Å². The van der Waals surface area contributed by atoms with Gasteiger partial charge in [0.25, 0.3) is 5.56 Å². The van der Waals surface area contributed by atoms with Crippen LogP contribution in [0.15, 0.2) is 29.6 Å². The fourth-order valence-electron chi connectivity index (χ4n) is 2.18. The molecule has 3 rings (SSSR count). The summed E-state index contributed by atoms with van der Waals surface area (Å²) < 4.78 is 3.17. The minimum Gasteiger partial charge on any atom is -0.292 e. The van der Waals surface area contributed by atoms with Gasteiger partial charge in [0.05, 0.1) is 28.5 Å². The second kappa shape index (κ2) is 5.70. The van der Waals surface area contributed by atoms with Crippen LogP contribution in [0, 0.1) is 0 Å². The molecule has 8 heteroatoms. The summed E-state index contributed by atoms with van der Waals surface area (Å²) in [6.07, 6.45) is 4.52. The molecule has 0 N–H and O–H groups in total. The molecule has 6 nitrogen and oxygen atoms in total. The topological polar surface area (TPSA) is 65.6 Å². The van der Waals surface area contributed by atoms with Crippen LogP contribution in [0.1, 0.15) is 25.6 Å². The zero-order valence-corrected chi connectivity index (χ0v) is 13.5. The number of hydrogen-bond acceptors (Lipinski definition) is 4. The number of aromatic nitrogens is 5. The van der Waals surface area contributed by atoms with Crippen molar-refractivity contribution < 1.29 is 0 Å². The van der Waals surface area contributed by atoms with E-state index in [1.54, 1.807) is 10.7 Å². The largest absolute Gasteiger partial charge is 0.292 e. The van der Waals surface area contributed by atoms with Gasteiger partial charge in [-0.05, 0) is 19.9 Å². The highest BCUT2D eigenvalue weighted by atomic mass is 35.5. The summed E-state index contributed by atoms with van der Waals surface area (Å²) in [4.78, 5) is 21.0. The van der Waals surface area contributed by atoms with Gasteiger partial charge < -0.3 is 0 Å². The van der Waals surface area contributed by atoms with E-state index >= 15 is 0 Å². The van der Waals surface area contributed by atoms with Gasteiger partial charge in [-0.1, -0.05) is 23.2 Å². The molecule has 0 aliphatic rings. The summed E-state index contributed by atoms with van der Waals surface area (Å²) in [7, 11) is 0. The molecule has 0 aromatic carbocycles. The van der Waals surface area contributed by atoms with Crippen LogP contribution in [-0.2, 0) is 6.54 Å². The molecule has 3 aromatic rings. The van der Waals surface area contributed by atoms with E-state index in [1.165, 1.54) is 23.3 Å². The summed E-state index contributed by atoms with van der Waals surface area (Å²) in [6, 6.07) is 1.73. The Hall–Kier alpha value is -1.92. The van der Waals surface area contributed by atoms with Crippen LogP contribution in [0.25, 0.3) is 11.0 Å². The highest BCUT2D eigenvalue weighted by molar-refractivity contribution is 6.34. The molecule has 0 unspecified atom stereocenters. The first-order valence-corrected chi connectivity index (χ1v) is 7.45. The second-order valence-corrected chi connectivity index (χ2v) is 6.02. The SMILES string of the molecule is CC(C)n1ncc2c(=O)n(Cc3ncc(Cl)cc3Cl)cnc21. The highest BCUT2D eigenvalue weighted by Gasteiger charge is 2.13. The van der Waals surface area contributed by atoms with Gasteiger partial charge in [-0.15, -0.1) is 0 Å². The lowest BCUT2D eigenvalue weighted by Crippen LogP contribution is -2.22. The van der Waals surface area contributed by atoms with Crippen LogP contribution < -0.4 is 5.56 Å². The van der Waals surface area contributed by atoms with Crippen LogP contribution in [-0.4, -0.2) is 24.3 Å². The molecule has 0 amide bonds. The Kier molecular flexibility index (Phi) is 3.88. The first-order valence-electron chi connectivity index (χ1n) is 6.70. The summed E-state index contributed by atoms with van der Waals surface area (Å²) >= 11 is 11.9. The average molecular weight is 338 g/mol. The lowest BCUT2D eigenvalue weighted by molar-refractivity contribution is 0.545. The Labute approximate surface area is 136 Å². The van der Waals surface area contributed by atoms with E-state index < -0.39 is 0 Å². The van der Waals surface area contributed by atoms with E-state index in [9.17, 15) is 4.79 Å². The molecule has 0 saturated carbocycles. The average Bonchev–Trinajstić information content (AvgIpc) is 2.89. The third-order valence-corrected chi connectivity index (χ3v) is 3.81. The van der Waals surface area contributed by atoms with Crippen molar-refractivity contribution in [2.24, 2.45) is 0 Å². The van der Waals surface area contributed by atoms with E-state index in [4.69, 9.17) is 23.2 Å². The Balaban J connectivity index is 2.05. The Morgan fingerprint density at radius 2 is 2.00 bits per heavy atom. The minimum absolute atomic E-state index is 0.132. The Morgan fingerprint density at radius 1 is 1.23 bits per heavy atom. The van der Waals surface area contributed by atoms with Gasteiger partial charge in [0.15, 0.2) is 5.65 Å². The number of rotatable bonds is 3. The van der Waals surface area contributed by atoms with Gasteiger partial charge in [0.1, 0.15) is 11.7 Å². The van der Waals surface area contributed by atoms with Crippen LogP contribution in [0.4, 0.5) is 0 Å². The monoisotopic (exact) mass is 337 g/mol. The van der Waals surface area contributed by atoms with Crippen molar-refractivity contribution in [3.05, 3.63) is 50.9 Å². The number of nitrogens with zero attached hydrogens (tertiary/aromatic N) is 5. The summed E-state index contributed by atoms with van der Waals surface area (Å²) in [5.74, 6) is 0. The zero-order chi connectivity index (χ0) is 15.9. The highest BCUT2D eigenvalue weighted by Crippen LogP contribution is 2.19. The van der Waals surface area contributed by atoms with Crippen LogP contribution in [0.3, 0.4) is 0 Å². The Bertz CT molecular complexity index is 900. The Morgan fingerprint density at radius 3 is 2.68 bits per heavy atom. The maximum atomic E-state index is 12.5. The molecule has 0 aliphatic carbocycles. The maximum absolute atomic E-state index is 12.5. The summed E-state index contributed by atoms with van der Waals surface area (Å²) in [5.41, 5.74) is 0.960. The molecule has 22 heavy (non-hydrogen) atoms. The van der Waals surface area contributed by atoms with E-state index in [-0.39, 0.29) is 18.1 Å². The fourth-order valence-corrected chi connectivity index (χ4v) is 2.62. The third-order valence-electron chi connectivity index (χ3n) is 3.27. The quantitative estimate of drug-likeness (QED) is 0.736. The molecule has 0 saturated heterocycles. The first kappa shape index (κ1) is 15.0. The van der Waals surface area contributed by atoms with Crippen molar-refractivity contribution in [3.63, 3.8) is 0 Å². The molecule has 0 spiro atoms. The van der Waals surface area contributed by atoms with Crippen molar-refractivity contribution in [1.82, 2.24) is 24.3 Å². The smallest absolute Gasteiger partial charge is 0.264 e. The predicted molar refractivity (Wildman–Crippen MR) is 85.5 cm³/mol. The lowest BCUT2D eigenvalue weighted by Gasteiger charge is -2.08. The fraction of sp³-hybridized carbons (Fsp3) is 0.286.